The topological polar surface area (TPSA) is 68.7 Å². The number of fused-ring (bicyclic) bond motifs is 1. The summed E-state index contributed by atoms with van der Waals surface area (Å²) >= 11 is 1.65. The molecule has 1 aromatic carbocycles. The second-order valence-electron chi connectivity index (χ2n) is 12.2. The van der Waals surface area contributed by atoms with Crippen LogP contribution in [-0.4, -0.2) is 33.6 Å². The number of aromatic nitrogens is 1. The van der Waals surface area contributed by atoms with Crippen LogP contribution in [0.4, 0.5) is 4.39 Å². The van der Waals surface area contributed by atoms with Crippen LogP contribution in [-0.2, 0) is 14.3 Å². The maximum Gasteiger partial charge on any atom is 0.308 e. The molecule has 0 radical (unpaired) electrons. The zero-order valence-corrected chi connectivity index (χ0v) is 24.8. The Balaban J connectivity index is 1.68. The summed E-state index contributed by atoms with van der Waals surface area (Å²) in [6.45, 7) is 12.8. The van der Waals surface area contributed by atoms with E-state index in [1.54, 1.807) is 25.2 Å². The Hall–Kier alpha value is -2.61. The Morgan fingerprint density at radius 2 is 1.87 bits per heavy atom. The van der Waals surface area contributed by atoms with Crippen molar-refractivity contribution in [3.8, 4) is 11.1 Å². The predicted octanol–water partition coefficient (Wildman–Crippen LogP) is 8.17. The monoisotopic (exact) mass is 553 g/mol. The second kappa shape index (κ2) is 11.5. The maximum absolute atomic E-state index is 13.8. The number of aryl methyl sites for hydroxylation is 1. The van der Waals surface area contributed by atoms with Gasteiger partial charge in [-0.3, -0.25) is 4.79 Å². The third-order valence-corrected chi connectivity index (χ3v) is 7.56. The summed E-state index contributed by atoms with van der Waals surface area (Å²) in [5, 5.41) is 13.6. The first-order valence-corrected chi connectivity index (χ1v) is 14.6. The van der Waals surface area contributed by atoms with Gasteiger partial charge in [-0.15, -0.1) is 11.3 Å². The number of carbonyl (C=O) groups excluding carboxylic acids is 1. The fourth-order valence-electron chi connectivity index (χ4n) is 4.91. The highest BCUT2D eigenvalue weighted by molar-refractivity contribution is 7.17. The number of carbonyl (C=O) groups is 1. The van der Waals surface area contributed by atoms with Crippen molar-refractivity contribution in [2.45, 2.75) is 97.6 Å². The highest BCUT2D eigenvalue weighted by atomic mass is 32.1. The molecule has 2 aromatic heterocycles. The molecule has 2 atom stereocenters. The van der Waals surface area contributed by atoms with E-state index in [1.165, 1.54) is 12.1 Å². The molecule has 0 unspecified atom stereocenters. The van der Waals surface area contributed by atoms with Gasteiger partial charge in [0.25, 0.3) is 0 Å². The van der Waals surface area contributed by atoms with Crippen molar-refractivity contribution in [3.63, 3.8) is 0 Å². The molecule has 1 aliphatic rings. The molecule has 0 saturated heterocycles. The average Bonchev–Trinajstić information content (AvgIpc) is 3.58. The van der Waals surface area contributed by atoms with Gasteiger partial charge in [-0.2, -0.15) is 0 Å². The van der Waals surface area contributed by atoms with Crippen molar-refractivity contribution in [1.82, 2.24) is 4.98 Å². The number of hydrogen-bond acceptors (Lipinski definition) is 6. The van der Waals surface area contributed by atoms with E-state index >= 15 is 0 Å². The molecule has 1 fully saturated rings. The van der Waals surface area contributed by atoms with Crippen molar-refractivity contribution >= 4 is 33.6 Å². The Morgan fingerprint density at radius 1 is 1.21 bits per heavy atom. The number of halogens is 1. The number of benzene rings is 1. The number of thiophene rings is 1. The highest BCUT2D eigenvalue weighted by Crippen LogP contribution is 2.47. The van der Waals surface area contributed by atoms with E-state index in [0.29, 0.717) is 12.3 Å². The van der Waals surface area contributed by atoms with Crippen LogP contribution in [0.5, 0.6) is 0 Å². The fourth-order valence-corrected chi connectivity index (χ4v) is 5.84. The lowest BCUT2D eigenvalue weighted by atomic mass is 9.91. The summed E-state index contributed by atoms with van der Waals surface area (Å²) in [5.41, 5.74) is 4.77. The number of ether oxygens (including phenoxy) is 2. The molecule has 1 aliphatic carbocycles. The van der Waals surface area contributed by atoms with Gasteiger partial charge in [0.15, 0.2) is 5.79 Å². The third kappa shape index (κ3) is 7.96. The Kier molecular flexibility index (Phi) is 8.64. The summed E-state index contributed by atoms with van der Waals surface area (Å²) < 4.78 is 25.2. The molecule has 7 heteroatoms. The van der Waals surface area contributed by atoms with Gasteiger partial charge in [0.2, 0.25) is 0 Å². The molecule has 39 heavy (non-hydrogen) atoms. The van der Waals surface area contributed by atoms with Gasteiger partial charge in [0.1, 0.15) is 16.2 Å². The number of rotatable bonds is 10. The van der Waals surface area contributed by atoms with Crippen molar-refractivity contribution in [1.29, 1.82) is 0 Å². The Bertz CT molecular complexity index is 1340. The molecule has 0 amide bonds. The van der Waals surface area contributed by atoms with Crippen molar-refractivity contribution in [2.75, 3.05) is 0 Å². The molecular weight excluding hydrogens is 513 g/mol. The summed E-state index contributed by atoms with van der Waals surface area (Å²) in [5.74, 6) is -1.54. The first-order chi connectivity index (χ1) is 18.2. The molecule has 3 aromatic rings. The highest BCUT2D eigenvalue weighted by Gasteiger charge is 2.31. The van der Waals surface area contributed by atoms with E-state index in [0.717, 1.165) is 51.0 Å². The third-order valence-electron chi connectivity index (χ3n) is 6.57. The summed E-state index contributed by atoms with van der Waals surface area (Å²) in [4.78, 5) is 18.7. The summed E-state index contributed by atoms with van der Waals surface area (Å²) in [6.07, 6.45) is 6.54. The number of hydrogen-bond donors (Lipinski definition) is 1. The fraction of sp³-hybridized carbons (Fsp3) is 0.500. The van der Waals surface area contributed by atoms with Crippen LogP contribution in [0.3, 0.4) is 0 Å². The minimum Gasteiger partial charge on any atom is -0.460 e. The number of pyridine rings is 1. The standard InChI is InChI=1S/C32H40FNO4S/c1-19(16-24(37-32(6,7)36)17-26(35)38-31(3,4)5)8-15-25-28(21-11-13-23(33)14-12-21)27-20(2)18-39-30(27)34-29(25)22-9-10-22/h8,11-15,18-19,22,24,36H,9-10,16-17H2,1-7H3/b15-8+/t19-,24-/m1/s1. The van der Waals surface area contributed by atoms with E-state index in [4.69, 9.17) is 14.5 Å². The minimum atomic E-state index is -1.38. The predicted molar refractivity (Wildman–Crippen MR) is 156 cm³/mol. The molecule has 0 aliphatic heterocycles. The Labute approximate surface area is 235 Å². The van der Waals surface area contributed by atoms with Gasteiger partial charge >= 0.3 is 5.97 Å². The zero-order chi connectivity index (χ0) is 28.5. The Morgan fingerprint density at radius 3 is 2.46 bits per heavy atom. The zero-order valence-electron chi connectivity index (χ0n) is 24.0. The molecule has 1 N–H and O–H groups in total. The SMILES string of the molecule is Cc1csc2nc(C3CC3)c(/C=C/[C@@H](C)C[C@H](CC(=O)OC(C)(C)C)OC(C)(C)O)c(-c3ccc(F)cc3)c12. The second-order valence-corrected chi connectivity index (χ2v) is 13.1. The van der Waals surface area contributed by atoms with Crippen LogP contribution in [0.1, 0.15) is 90.0 Å². The van der Waals surface area contributed by atoms with Crippen LogP contribution in [0.2, 0.25) is 0 Å². The first kappa shape index (κ1) is 29.4. The van der Waals surface area contributed by atoms with Gasteiger partial charge in [-0.05, 0) is 95.4 Å². The van der Waals surface area contributed by atoms with E-state index < -0.39 is 17.5 Å². The summed E-state index contributed by atoms with van der Waals surface area (Å²) in [6, 6.07) is 6.69. The van der Waals surface area contributed by atoms with Crippen LogP contribution in [0.15, 0.2) is 35.7 Å². The molecule has 0 spiro atoms. The lowest BCUT2D eigenvalue weighted by Gasteiger charge is -2.28. The number of aliphatic hydroxyl groups is 1. The van der Waals surface area contributed by atoms with Gasteiger partial charge in [-0.1, -0.05) is 31.2 Å². The van der Waals surface area contributed by atoms with Gasteiger partial charge in [0, 0.05) is 22.4 Å². The van der Waals surface area contributed by atoms with Crippen molar-refractivity contribution in [3.05, 3.63) is 58.4 Å². The average molecular weight is 554 g/mol. The van der Waals surface area contributed by atoms with Crippen LogP contribution >= 0.6 is 11.3 Å². The van der Waals surface area contributed by atoms with Crippen molar-refractivity contribution < 1.29 is 23.8 Å². The normalized spacial score (nSPS) is 16.1. The first-order valence-electron chi connectivity index (χ1n) is 13.7. The largest absolute Gasteiger partial charge is 0.460 e. The smallest absolute Gasteiger partial charge is 0.308 e. The molecule has 2 heterocycles. The maximum atomic E-state index is 13.8. The van der Waals surface area contributed by atoms with Gasteiger partial charge in [0.05, 0.1) is 18.2 Å². The van der Waals surface area contributed by atoms with Crippen molar-refractivity contribution in [2.24, 2.45) is 5.92 Å². The molecule has 1 saturated carbocycles. The van der Waals surface area contributed by atoms with Crippen LogP contribution < -0.4 is 0 Å². The number of esters is 1. The molecule has 0 bridgehead atoms. The minimum absolute atomic E-state index is 0.0344. The van der Waals surface area contributed by atoms with Crippen LogP contribution in [0.25, 0.3) is 27.4 Å². The molecule has 5 nitrogen and oxygen atoms in total. The van der Waals surface area contributed by atoms with E-state index in [-0.39, 0.29) is 24.1 Å². The number of allylic oxidation sites excluding steroid dienone is 1. The molecular formula is C32H40FNO4S. The lowest BCUT2D eigenvalue weighted by molar-refractivity contribution is -0.212. The van der Waals surface area contributed by atoms with Gasteiger partial charge in [-0.25, -0.2) is 9.37 Å². The van der Waals surface area contributed by atoms with E-state index in [2.05, 4.69) is 31.4 Å². The number of nitrogens with zero attached hydrogens (tertiary/aromatic N) is 1. The summed E-state index contributed by atoms with van der Waals surface area (Å²) in [7, 11) is 0. The molecule has 210 valence electrons. The van der Waals surface area contributed by atoms with E-state index in [9.17, 15) is 14.3 Å². The van der Waals surface area contributed by atoms with Crippen LogP contribution in [0, 0.1) is 18.7 Å². The molecule has 4 rings (SSSR count). The van der Waals surface area contributed by atoms with E-state index in [1.807, 2.05) is 32.9 Å². The van der Waals surface area contributed by atoms with Gasteiger partial charge < -0.3 is 14.6 Å². The quantitative estimate of drug-likeness (QED) is 0.203. The lowest BCUT2D eigenvalue weighted by Crippen LogP contribution is -2.34.